The summed E-state index contributed by atoms with van der Waals surface area (Å²) in [5.41, 5.74) is 2.33. The third-order valence-corrected chi connectivity index (χ3v) is 6.61. The van der Waals surface area contributed by atoms with Crippen molar-refractivity contribution in [2.75, 3.05) is 64.1 Å². The molecule has 1 aromatic carbocycles. The number of rotatable bonds is 8. The second kappa shape index (κ2) is 11.8. The highest BCUT2D eigenvalue weighted by molar-refractivity contribution is 6.06. The summed E-state index contributed by atoms with van der Waals surface area (Å²) in [6.07, 6.45) is 3.57. The average molecular weight is 507 g/mol. The molecular weight excluding hydrogens is 472 g/mol. The first kappa shape index (κ1) is 25.3. The highest BCUT2D eigenvalue weighted by Gasteiger charge is 2.25. The summed E-state index contributed by atoms with van der Waals surface area (Å²) in [6, 6.07) is 9.92. The first-order valence-electron chi connectivity index (χ1n) is 12.9. The summed E-state index contributed by atoms with van der Waals surface area (Å²) in [4.78, 5) is 31.5. The van der Waals surface area contributed by atoms with Crippen LogP contribution < -0.4 is 15.0 Å². The maximum absolute atomic E-state index is 13.4. The van der Waals surface area contributed by atoms with Gasteiger partial charge in [0, 0.05) is 61.6 Å². The van der Waals surface area contributed by atoms with Crippen molar-refractivity contribution in [3.8, 4) is 6.01 Å². The number of ether oxygens (including phenoxy) is 3. The second-order valence-corrected chi connectivity index (χ2v) is 9.48. The largest absolute Gasteiger partial charge is 0.461 e. The fourth-order valence-corrected chi connectivity index (χ4v) is 4.71. The average Bonchev–Trinajstić information content (AvgIpc) is 2.94. The van der Waals surface area contributed by atoms with Crippen LogP contribution in [0.4, 0.5) is 5.82 Å². The van der Waals surface area contributed by atoms with Crippen LogP contribution in [0, 0.1) is 0 Å². The molecule has 3 aromatic rings. The monoisotopic (exact) mass is 506 g/mol. The van der Waals surface area contributed by atoms with E-state index in [9.17, 15) is 4.79 Å². The molecule has 0 bridgehead atoms. The van der Waals surface area contributed by atoms with Gasteiger partial charge in [0.05, 0.1) is 44.1 Å². The number of benzene rings is 1. The first-order valence-corrected chi connectivity index (χ1v) is 12.9. The number of nitrogens with one attached hydrogen (secondary N) is 1. The van der Waals surface area contributed by atoms with E-state index in [1.807, 2.05) is 44.2 Å². The van der Waals surface area contributed by atoms with Crippen LogP contribution in [0.1, 0.15) is 35.8 Å². The maximum Gasteiger partial charge on any atom is 0.316 e. The molecule has 2 aliphatic heterocycles. The van der Waals surface area contributed by atoms with Crippen molar-refractivity contribution in [1.29, 1.82) is 0 Å². The lowest BCUT2D eigenvalue weighted by molar-refractivity contribution is 0.0160. The number of pyridine rings is 1. The number of amides is 1. The minimum Gasteiger partial charge on any atom is -0.461 e. The van der Waals surface area contributed by atoms with E-state index in [1.54, 1.807) is 12.4 Å². The molecule has 0 radical (unpaired) electrons. The fourth-order valence-electron chi connectivity index (χ4n) is 4.71. The van der Waals surface area contributed by atoms with Crippen LogP contribution in [0.3, 0.4) is 0 Å². The van der Waals surface area contributed by atoms with Gasteiger partial charge >= 0.3 is 6.01 Å². The zero-order chi connectivity index (χ0) is 25.6. The Hall–Kier alpha value is -3.34. The van der Waals surface area contributed by atoms with Crippen LogP contribution in [0.2, 0.25) is 0 Å². The first-order chi connectivity index (χ1) is 18.1. The van der Waals surface area contributed by atoms with E-state index in [0.29, 0.717) is 44.5 Å². The molecule has 2 aliphatic rings. The molecule has 1 unspecified atom stereocenters. The quantitative estimate of drug-likeness (QED) is 0.494. The molecule has 5 rings (SSSR count). The molecule has 2 fully saturated rings. The van der Waals surface area contributed by atoms with Crippen molar-refractivity contribution in [1.82, 2.24) is 25.2 Å². The van der Waals surface area contributed by atoms with E-state index in [4.69, 9.17) is 19.2 Å². The number of anilines is 1. The number of aromatic nitrogens is 3. The highest BCUT2D eigenvalue weighted by Crippen LogP contribution is 2.24. The van der Waals surface area contributed by atoms with Crippen LogP contribution in [0.5, 0.6) is 6.01 Å². The van der Waals surface area contributed by atoms with Gasteiger partial charge in [0.25, 0.3) is 5.91 Å². The van der Waals surface area contributed by atoms with Gasteiger partial charge in [-0.1, -0.05) is 6.07 Å². The van der Waals surface area contributed by atoms with E-state index in [-0.39, 0.29) is 18.1 Å². The Bertz CT molecular complexity index is 1190. The van der Waals surface area contributed by atoms with Crippen LogP contribution in [-0.4, -0.2) is 91.0 Å². The number of carbonyl (C=O) groups excluding carboxylic acids is 1. The van der Waals surface area contributed by atoms with Crippen molar-refractivity contribution < 1.29 is 19.0 Å². The van der Waals surface area contributed by atoms with Crippen molar-refractivity contribution >= 4 is 22.6 Å². The Kier molecular flexibility index (Phi) is 8.08. The molecule has 10 nitrogen and oxygen atoms in total. The fraction of sp³-hybridized carbons (Fsp3) is 0.481. The topological polar surface area (TPSA) is 102 Å². The number of morpholine rings is 2. The lowest BCUT2D eigenvalue weighted by atomic mass is 10.1. The Labute approximate surface area is 216 Å². The zero-order valence-electron chi connectivity index (χ0n) is 21.4. The highest BCUT2D eigenvalue weighted by atomic mass is 16.5. The number of fused-ring (bicyclic) bond motifs is 1. The smallest absolute Gasteiger partial charge is 0.316 e. The van der Waals surface area contributed by atoms with Crippen molar-refractivity contribution in [2.45, 2.75) is 26.0 Å². The predicted octanol–water partition coefficient (Wildman–Crippen LogP) is 2.45. The Balaban J connectivity index is 1.33. The van der Waals surface area contributed by atoms with Crippen LogP contribution in [-0.2, 0) is 9.47 Å². The minimum absolute atomic E-state index is 0.000289. The third-order valence-electron chi connectivity index (χ3n) is 6.61. The molecule has 0 aliphatic carbocycles. The van der Waals surface area contributed by atoms with E-state index in [2.05, 4.69) is 25.1 Å². The summed E-state index contributed by atoms with van der Waals surface area (Å²) in [6.45, 7) is 10.2. The molecule has 2 saturated heterocycles. The van der Waals surface area contributed by atoms with Gasteiger partial charge in [0.15, 0.2) is 0 Å². The zero-order valence-corrected chi connectivity index (χ0v) is 21.4. The summed E-state index contributed by atoms with van der Waals surface area (Å²) in [5, 5.41) is 3.98. The summed E-state index contributed by atoms with van der Waals surface area (Å²) in [5.74, 6) is 0.774. The number of hydrogen-bond donors (Lipinski definition) is 1. The molecule has 37 heavy (non-hydrogen) atoms. The molecule has 1 amide bonds. The standard InChI is InChI=1S/C27H34N6O4/c1-19(2)37-27-29-16-20(17-30-27)24(32-8-12-35-13-9-32)18-28-26(34)22-4-3-5-23-21(22)6-7-25(31-23)33-10-14-36-15-11-33/h3-7,16-17,19,24H,8-15,18H2,1-2H3,(H,28,34). The lowest BCUT2D eigenvalue weighted by Crippen LogP contribution is -2.44. The predicted molar refractivity (Wildman–Crippen MR) is 140 cm³/mol. The Morgan fingerprint density at radius 2 is 1.70 bits per heavy atom. The minimum atomic E-state index is -0.134. The number of hydrogen-bond acceptors (Lipinski definition) is 9. The van der Waals surface area contributed by atoms with Gasteiger partial charge in [-0.25, -0.2) is 15.0 Å². The second-order valence-electron chi connectivity index (χ2n) is 9.48. The van der Waals surface area contributed by atoms with Gasteiger partial charge in [-0.2, -0.15) is 0 Å². The summed E-state index contributed by atoms with van der Waals surface area (Å²) < 4.78 is 16.6. The lowest BCUT2D eigenvalue weighted by Gasteiger charge is -2.34. The summed E-state index contributed by atoms with van der Waals surface area (Å²) in [7, 11) is 0. The van der Waals surface area contributed by atoms with Gasteiger partial charge < -0.3 is 24.4 Å². The van der Waals surface area contributed by atoms with Crippen molar-refractivity contribution in [2.24, 2.45) is 0 Å². The van der Waals surface area contributed by atoms with Crippen LogP contribution >= 0.6 is 0 Å². The van der Waals surface area contributed by atoms with Gasteiger partial charge in [0.2, 0.25) is 0 Å². The van der Waals surface area contributed by atoms with Gasteiger partial charge in [-0.05, 0) is 38.1 Å². The van der Waals surface area contributed by atoms with E-state index < -0.39 is 0 Å². The summed E-state index contributed by atoms with van der Waals surface area (Å²) >= 11 is 0. The van der Waals surface area contributed by atoms with Gasteiger partial charge in [-0.3, -0.25) is 9.69 Å². The molecule has 1 N–H and O–H groups in total. The van der Waals surface area contributed by atoms with Gasteiger partial charge in [0.1, 0.15) is 5.82 Å². The molecule has 2 aromatic heterocycles. The maximum atomic E-state index is 13.4. The molecular formula is C27H34N6O4. The van der Waals surface area contributed by atoms with E-state index in [1.165, 1.54) is 0 Å². The Morgan fingerprint density at radius 3 is 2.41 bits per heavy atom. The molecule has 1 atom stereocenters. The van der Waals surface area contributed by atoms with Crippen LogP contribution in [0.15, 0.2) is 42.7 Å². The SMILES string of the molecule is CC(C)Oc1ncc(C(CNC(=O)c2cccc3nc(N4CCOCC4)ccc23)N2CCOCC2)cn1. The molecule has 10 heteroatoms. The molecule has 4 heterocycles. The normalized spacial score (nSPS) is 17.6. The van der Waals surface area contributed by atoms with E-state index >= 15 is 0 Å². The molecule has 0 spiro atoms. The van der Waals surface area contributed by atoms with E-state index in [0.717, 1.165) is 48.5 Å². The third kappa shape index (κ3) is 6.15. The number of carbonyl (C=O) groups is 1. The van der Waals surface area contributed by atoms with Crippen LogP contribution in [0.25, 0.3) is 10.9 Å². The van der Waals surface area contributed by atoms with Gasteiger partial charge in [-0.15, -0.1) is 0 Å². The number of nitrogens with zero attached hydrogens (tertiary/aromatic N) is 5. The molecule has 0 saturated carbocycles. The molecule has 196 valence electrons. The Morgan fingerprint density at radius 1 is 1.00 bits per heavy atom. The van der Waals surface area contributed by atoms with Crippen molar-refractivity contribution in [3.63, 3.8) is 0 Å². The van der Waals surface area contributed by atoms with Crippen molar-refractivity contribution in [3.05, 3.63) is 53.9 Å².